The molecule has 0 saturated heterocycles. The van der Waals surface area contributed by atoms with E-state index < -0.39 is 0 Å². The summed E-state index contributed by atoms with van der Waals surface area (Å²) in [5, 5.41) is 0. The zero-order valence-electron chi connectivity index (χ0n) is 12.3. The Morgan fingerprint density at radius 2 is 1.72 bits per heavy atom. The van der Waals surface area contributed by atoms with E-state index in [-0.39, 0.29) is 5.60 Å². The van der Waals surface area contributed by atoms with Gasteiger partial charge in [-0.05, 0) is 56.3 Å². The molecule has 0 aliphatic heterocycles. The van der Waals surface area contributed by atoms with Gasteiger partial charge in [0.15, 0.2) is 0 Å². The molecule has 2 aliphatic rings. The van der Waals surface area contributed by atoms with Gasteiger partial charge in [0, 0.05) is 6.54 Å². The topological polar surface area (TPSA) is 35.2 Å². The SMILES string of the molecule is CC(C)C1CCC(CN)(OCC2CCCC2)CC1. The Bertz CT molecular complexity index is 237. The van der Waals surface area contributed by atoms with E-state index in [1.807, 2.05) is 0 Å². The third-order valence-electron chi connectivity index (χ3n) is 5.36. The molecule has 2 rings (SSSR count). The van der Waals surface area contributed by atoms with Crippen molar-refractivity contribution in [2.24, 2.45) is 23.5 Å². The van der Waals surface area contributed by atoms with E-state index in [4.69, 9.17) is 10.5 Å². The van der Waals surface area contributed by atoms with Gasteiger partial charge in [-0.3, -0.25) is 0 Å². The van der Waals surface area contributed by atoms with Crippen LogP contribution in [0.5, 0.6) is 0 Å². The molecule has 106 valence electrons. The van der Waals surface area contributed by atoms with E-state index in [0.717, 1.165) is 24.4 Å². The van der Waals surface area contributed by atoms with Crippen LogP contribution in [0.25, 0.3) is 0 Å². The quantitative estimate of drug-likeness (QED) is 0.810. The van der Waals surface area contributed by atoms with Crippen molar-refractivity contribution in [1.29, 1.82) is 0 Å². The highest BCUT2D eigenvalue weighted by Gasteiger charge is 2.36. The Morgan fingerprint density at radius 1 is 1.11 bits per heavy atom. The van der Waals surface area contributed by atoms with Gasteiger partial charge in [0.05, 0.1) is 12.2 Å². The van der Waals surface area contributed by atoms with E-state index in [9.17, 15) is 0 Å². The molecule has 0 aromatic carbocycles. The fourth-order valence-electron chi connectivity index (χ4n) is 3.71. The first kappa shape index (κ1) is 14.3. The molecule has 0 bridgehead atoms. The summed E-state index contributed by atoms with van der Waals surface area (Å²) in [4.78, 5) is 0. The van der Waals surface area contributed by atoms with Crippen LogP contribution in [0.4, 0.5) is 0 Å². The van der Waals surface area contributed by atoms with Crippen LogP contribution in [0.1, 0.15) is 65.2 Å². The highest BCUT2D eigenvalue weighted by atomic mass is 16.5. The molecule has 2 fully saturated rings. The lowest BCUT2D eigenvalue weighted by atomic mass is 9.74. The molecule has 0 aromatic heterocycles. The first-order valence-electron chi connectivity index (χ1n) is 7.99. The Labute approximate surface area is 113 Å². The first-order chi connectivity index (χ1) is 8.65. The normalized spacial score (nSPS) is 34.3. The van der Waals surface area contributed by atoms with Gasteiger partial charge in [0.25, 0.3) is 0 Å². The fourth-order valence-corrected chi connectivity index (χ4v) is 3.71. The maximum Gasteiger partial charge on any atom is 0.0804 e. The van der Waals surface area contributed by atoms with E-state index in [2.05, 4.69) is 13.8 Å². The van der Waals surface area contributed by atoms with Crippen molar-refractivity contribution in [2.45, 2.75) is 70.8 Å². The Kier molecular flexibility index (Phi) is 5.08. The number of nitrogens with two attached hydrogens (primary N) is 1. The second kappa shape index (κ2) is 6.38. The van der Waals surface area contributed by atoms with Crippen LogP contribution in [-0.4, -0.2) is 18.8 Å². The van der Waals surface area contributed by atoms with Gasteiger partial charge in [-0.25, -0.2) is 0 Å². The molecular weight excluding hydrogens is 222 g/mol. The fraction of sp³-hybridized carbons (Fsp3) is 1.00. The summed E-state index contributed by atoms with van der Waals surface area (Å²) in [6, 6.07) is 0. The molecule has 0 unspecified atom stereocenters. The van der Waals surface area contributed by atoms with Crippen molar-refractivity contribution in [3.8, 4) is 0 Å². The molecule has 0 heterocycles. The molecule has 0 aromatic rings. The second-order valence-corrected chi connectivity index (χ2v) is 6.93. The molecule has 0 amide bonds. The van der Waals surface area contributed by atoms with Gasteiger partial charge in [-0.2, -0.15) is 0 Å². The van der Waals surface area contributed by atoms with Gasteiger partial charge in [-0.15, -0.1) is 0 Å². The third-order valence-corrected chi connectivity index (χ3v) is 5.36. The Hall–Kier alpha value is -0.0800. The molecule has 2 heteroatoms. The molecule has 2 saturated carbocycles. The van der Waals surface area contributed by atoms with Crippen molar-refractivity contribution in [1.82, 2.24) is 0 Å². The molecule has 2 aliphatic carbocycles. The summed E-state index contributed by atoms with van der Waals surface area (Å²) >= 11 is 0. The van der Waals surface area contributed by atoms with Crippen LogP contribution in [0.3, 0.4) is 0 Å². The van der Waals surface area contributed by atoms with Crippen LogP contribution in [0.15, 0.2) is 0 Å². The summed E-state index contributed by atoms with van der Waals surface area (Å²) in [6.45, 7) is 6.37. The maximum atomic E-state index is 6.31. The smallest absolute Gasteiger partial charge is 0.0804 e. The van der Waals surface area contributed by atoms with Crippen LogP contribution in [-0.2, 0) is 4.74 Å². The van der Waals surface area contributed by atoms with Gasteiger partial charge in [-0.1, -0.05) is 26.7 Å². The van der Waals surface area contributed by atoms with E-state index in [1.165, 1.54) is 51.4 Å². The van der Waals surface area contributed by atoms with Crippen molar-refractivity contribution in [3.05, 3.63) is 0 Å². The van der Waals surface area contributed by atoms with Crippen molar-refractivity contribution >= 4 is 0 Å². The predicted molar refractivity (Wildman–Crippen MR) is 76.5 cm³/mol. The third kappa shape index (κ3) is 3.48. The van der Waals surface area contributed by atoms with Crippen LogP contribution >= 0.6 is 0 Å². The molecule has 0 atom stereocenters. The summed E-state index contributed by atoms with van der Waals surface area (Å²) in [7, 11) is 0. The zero-order chi connectivity index (χ0) is 13.0. The van der Waals surface area contributed by atoms with Crippen LogP contribution in [0, 0.1) is 17.8 Å². The summed E-state index contributed by atoms with van der Waals surface area (Å²) in [6.07, 6.45) is 10.5. The molecule has 0 radical (unpaired) electrons. The highest BCUT2D eigenvalue weighted by Crippen LogP contribution is 2.38. The zero-order valence-corrected chi connectivity index (χ0v) is 12.3. The first-order valence-corrected chi connectivity index (χ1v) is 7.99. The summed E-state index contributed by atoms with van der Waals surface area (Å²) in [5.41, 5.74) is 6.04. The van der Waals surface area contributed by atoms with E-state index in [1.54, 1.807) is 0 Å². The maximum absolute atomic E-state index is 6.31. The minimum Gasteiger partial charge on any atom is -0.373 e. The monoisotopic (exact) mass is 253 g/mol. The van der Waals surface area contributed by atoms with Gasteiger partial charge < -0.3 is 10.5 Å². The Morgan fingerprint density at radius 3 is 2.22 bits per heavy atom. The minimum atomic E-state index is 0.0218. The largest absolute Gasteiger partial charge is 0.373 e. The van der Waals surface area contributed by atoms with E-state index in [0.29, 0.717) is 6.54 Å². The molecule has 0 spiro atoms. The second-order valence-electron chi connectivity index (χ2n) is 6.93. The number of hydrogen-bond donors (Lipinski definition) is 1. The van der Waals surface area contributed by atoms with Crippen molar-refractivity contribution in [3.63, 3.8) is 0 Å². The average Bonchev–Trinajstić information content (AvgIpc) is 2.90. The van der Waals surface area contributed by atoms with Crippen LogP contribution < -0.4 is 5.73 Å². The number of ether oxygens (including phenoxy) is 1. The summed E-state index contributed by atoms with van der Waals surface area (Å²) < 4.78 is 6.31. The lowest BCUT2D eigenvalue weighted by Crippen LogP contribution is -2.45. The highest BCUT2D eigenvalue weighted by molar-refractivity contribution is 4.89. The molecule has 2 N–H and O–H groups in total. The average molecular weight is 253 g/mol. The predicted octanol–water partition coefficient (Wildman–Crippen LogP) is 3.74. The lowest BCUT2D eigenvalue weighted by Gasteiger charge is -2.41. The van der Waals surface area contributed by atoms with Gasteiger partial charge >= 0.3 is 0 Å². The molecule has 2 nitrogen and oxygen atoms in total. The minimum absolute atomic E-state index is 0.0218. The molecular formula is C16H31NO. The number of rotatable bonds is 5. The van der Waals surface area contributed by atoms with Gasteiger partial charge in [0.2, 0.25) is 0 Å². The van der Waals surface area contributed by atoms with E-state index >= 15 is 0 Å². The van der Waals surface area contributed by atoms with Crippen LogP contribution in [0.2, 0.25) is 0 Å². The standard InChI is InChI=1S/C16H31NO/c1-13(2)15-7-9-16(12-17,10-8-15)18-11-14-5-3-4-6-14/h13-15H,3-12,17H2,1-2H3. The molecule has 18 heavy (non-hydrogen) atoms. The van der Waals surface area contributed by atoms with Crippen molar-refractivity contribution < 1.29 is 4.74 Å². The lowest BCUT2D eigenvalue weighted by molar-refractivity contribution is -0.0861. The number of hydrogen-bond acceptors (Lipinski definition) is 2. The Balaban J connectivity index is 1.80. The summed E-state index contributed by atoms with van der Waals surface area (Å²) in [5.74, 6) is 2.52. The van der Waals surface area contributed by atoms with Gasteiger partial charge in [0.1, 0.15) is 0 Å². The van der Waals surface area contributed by atoms with Crippen molar-refractivity contribution in [2.75, 3.05) is 13.2 Å².